The topological polar surface area (TPSA) is 54.5 Å². The van der Waals surface area contributed by atoms with Crippen LogP contribution in [0.25, 0.3) is 0 Å². The maximum Gasteiger partial charge on any atom is 0.149 e. The van der Waals surface area contributed by atoms with Gasteiger partial charge in [0.1, 0.15) is 5.82 Å². The van der Waals surface area contributed by atoms with Gasteiger partial charge in [0.05, 0.1) is 0 Å². The molecule has 1 atom stereocenters. The third-order valence-corrected chi connectivity index (χ3v) is 1.04. The van der Waals surface area contributed by atoms with Crippen LogP contribution in [0, 0.1) is 0 Å². The lowest BCUT2D eigenvalue weighted by Crippen LogP contribution is -1.98. The minimum absolute atomic E-state index is 0.194. The predicted octanol–water partition coefficient (Wildman–Crippen LogP) is 0.328. The van der Waals surface area contributed by atoms with Crippen LogP contribution in [0.4, 0.5) is 0 Å². The maximum absolute atomic E-state index is 4.91. The van der Waals surface area contributed by atoms with Crippen LogP contribution in [-0.4, -0.2) is 25.9 Å². The lowest BCUT2D eigenvalue weighted by molar-refractivity contribution is 0.859. The molecular weight excluding hydrogens is 136 g/mol. The third-order valence-electron chi connectivity index (χ3n) is 0.870. The van der Waals surface area contributed by atoms with Gasteiger partial charge in [0.2, 0.25) is 0 Å². The monoisotopic (exact) mass is 143 g/mol. The summed E-state index contributed by atoms with van der Waals surface area (Å²) >= 11 is 4.91. The van der Waals surface area contributed by atoms with Crippen LogP contribution in [0.1, 0.15) is 12.7 Å². The fourth-order valence-electron chi connectivity index (χ4n) is 0.538. The van der Waals surface area contributed by atoms with Crippen LogP contribution < -0.4 is 0 Å². The maximum atomic E-state index is 4.91. The lowest BCUT2D eigenvalue weighted by Gasteiger charge is -1.94. The SMILES string of the molecule is CC([S])Cc1nnn[nH]1. The minimum Gasteiger partial charge on any atom is -0.243 e. The molecule has 4 nitrogen and oxygen atoms in total. The molecule has 1 radical (unpaired) electrons. The molecule has 0 bridgehead atoms. The van der Waals surface area contributed by atoms with E-state index in [0.29, 0.717) is 0 Å². The fraction of sp³-hybridized carbons (Fsp3) is 0.750. The van der Waals surface area contributed by atoms with E-state index in [1.54, 1.807) is 0 Å². The van der Waals surface area contributed by atoms with Gasteiger partial charge in [0.25, 0.3) is 0 Å². The largest absolute Gasteiger partial charge is 0.243 e. The van der Waals surface area contributed by atoms with E-state index in [9.17, 15) is 0 Å². The van der Waals surface area contributed by atoms with Crippen molar-refractivity contribution in [2.75, 3.05) is 0 Å². The molecule has 9 heavy (non-hydrogen) atoms. The van der Waals surface area contributed by atoms with Crippen molar-refractivity contribution in [1.82, 2.24) is 20.6 Å². The van der Waals surface area contributed by atoms with Crippen molar-refractivity contribution in [3.8, 4) is 0 Å². The summed E-state index contributed by atoms with van der Waals surface area (Å²) in [7, 11) is 0. The summed E-state index contributed by atoms with van der Waals surface area (Å²) in [5.74, 6) is 0.762. The van der Waals surface area contributed by atoms with Gasteiger partial charge in [-0.25, -0.2) is 5.10 Å². The second-order valence-electron chi connectivity index (χ2n) is 1.86. The Morgan fingerprint density at radius 2 is 2.56 bits per heavy atom. The van der Waals surface area contributed by atoms with Gasteiger partial charge < -0.3 is 0 Å². The number of nitrogens with one attached hydrogen (secondary N) is 1. The molecule has 1 aromatic rings. The first-order chi connectivity index (χ1) is 4.29. The Labute approximate surface area is 58.5 Å². The molecule has 1 rings (SSSR count). The molecule has 0 saturated heterocycles. The number of hydrogen-bond donors (Lipinski definition) is 1. The van der Waals surface area contributed by atoms with Crippen LogP contribution >= 0.6 is 12.6 Å². The normalized spacial score (nSPS) is 13.6. The molecular formula is C4H7N4S. The minimum atomic E-state index is 0.194. The highest BCUT2D eigenvalue weighted by atomic mass is 32.1. The second kappa shape index (κ2) is 2.82. The molecule has 0 aromatic carbocycles. The number of rotatable bonds is 2. The Balaban J connectivity index is 2.48. The quantitative estimate of drug-likeness (QED) is 0.649. The zero-order valence-electron chi connectivity index (χ0n) is 5.03. The smallest absolute Gasteiger partial charge is 0.149 e. The van der Waals surface area contributed by atoms with E-state index in [1.165, 1.54) is 0 Å². The van der Waals surface area contributed by atoms with Crippen molar-refractivity contribution in [3.05, 3.63) is 5.82 Å². The molecule has 49 valence electrons. The summed E-state index contributed by atoms with van der Waals surface area (Å²) in [4.78, 5) is 0. The molecule has 1 heterocycles. The van der Waals surface area contributed by atoms with Gasteiger partial charge in [-0.1, -0.05) is 19.6 Å². The van der Waals surface area contributed by atoms with Crippen LogP contribution in [0.2, 0.25) is 0 Å². The van der Waals surface area contributed by atoms with Crippen LogP contribution in [-0.2, 0) is 6.42 Å². The van der Waals surface area contributed by atoms with Crippen molar-refractivity contribution in [1.29, 1.82) is 0 Å². The van der Waals surface area contributed by atoms with Crippen LogP contribution in [0.15, 0.2) is 0 Å². The second-order valence-corrected chi connectivity index (χ2v) is 2.67. The molecule has 1 unspecified atom stereocenters. The molecule has 1 aromatic heterocycles. The van der Waals surface area contributed by atoms with Gasteiger partial charge in [0.15, 0.2) is 0 Å². The van der Waals surface area contributed by atoms with E-state index in [-0.39, 0.29) is 5.25 Å². The van der Waals surface area contributed by atoms with Gasteiger partial charge in [0, 0.05) is 11.7 Å². The van der Waals surface area contributed by atoms with Crippen molar-refractivity contribution in [3.63, 3.8) is 0 Å². The summed E-state index contributed by atoms with van der Waals surface area (Å²) in [6, 6.07) is 0. The molecule has 5 heteroatoms. The fourth-order valence-corrected chi connectivity index (χ4v) is 0.695. The number of H-pyrrole nitrogens is 1. The number of aromatic nitrogens is 4. The molecule has 0 amide bonds. The van der Waals surface area contributed by atoms with Crippen molar-refractivity contribution in [2.24, 2.45) is 0 Å². The number of nitrogens with zero attached hydrogens (tertiary/aromatic N) is 3. The summed E-state index contributed by atoms with van der Waals surface area (Å²) in [5, 5.41) is 13.3. The summed E-state index contributed by atoms with van der Waals surface area (Å²) in [6.07, 6.45) is 0.738. The van der Waals surface area contributed by atoms with Crippen LogP contribution in [0.5, 0.6) is 0 Å². The Morgan fingerprint density at radius 1 is 1.78 bits per heavy atom. The van der Waals surface area contributed by atoms with Gasteiger partial charge in [-0.05, 0) is 10.4 Å². The Hall–Kier alpha value is -0.580. The number of tetrazole rings is 1. The van der Waals surface area contributed by atoms with Gasteiger partial charge in [-0.15, -0.1) is 5.10 Å². The van der Waals surface area contributed by atoms with Crippen molar-refractivity contribution in [2.45, 2.75) is 18.6 Å². The summed E-state index contributed by atoms with van der Waals surface area (Å²) in [5.41, 5.74) is 0. The van der Waals surface area contributed by atoms with Gasteiger partial charge in [-0.2, -0.15) is 0 Å². The predicted molar refractivity (Wildman–Crippen MR) is 34.9 cm³/mol. The third kappa shape index (κ3) is 2.01. The molecule has 0 aliphatic heterocycles. The Bertz CT molecular complexity index is 159. The highest BCUT2D eigenvalue weighted by Crippen LogP contribution is 1.98. The molecule has 1 N–H and O–H groups in total. The molecule has 0 aliphatic carbocycles. The average molecular weight is 143 g/mol. The molecule has 0 aliphatic rings. The first-order valence-corrected chi connectivity index (χ1v) is 3.14. The first-order valence-electron chi connectivity index (χ1n) is 2.67. The molecule has 0 spiro atoms. The highest BCUT2D eigenvalue weighted by Gasteiger charge is 2.00. The van der Waals surface area contributed by atoms with E-state index in [1.807, 2.05) is 6.92 Å². The Kier molecular flexibility index (Phi) is 2.05. The standard InChI is InChI=1S/C4H7N4S/c1-3(9)2-4-5-7-8-6-4/h3H,2H2,1H3,(H,5,6,7,8). The van der Waals surface area contributed by atoms with E-state index in [4.69, 9.17) is 12.6 Å². The average Bonchev–Trinajstić information content (AvgIpc) is 2.15. The van der Waals surface area contributed by atoms with Crippen molar-refractivity contribution >= 4 is 12.6 Å². The number of hydrogen-bond acceptors (Lipinski definition) is 3. The van der Waals surface area contributed by atoms with Crippen molar-refractivity contribution < 1.29 is 0 Å². The molecule has 0 saturated carbocycles. The van der Waals surface area contributed by atoms with E-state index in [0.717, 1.165) is 12.2 Å². The van der Waals surface area contributed by atoms with E-state index < -0.39 is 0 Å². The number of aromatic amines is 1. The van der Waals surface area contributed by atoms with Crippen LogP contribution in [0.3, 0.4) is 0 Å². The first kappa shape index (κ1) is 6.54. The summed E-state index contributed by atoms with van der Waals surface area (Å²) in [6.45, 7) is 1.94. The zero-order valence-corrected chi connectivity index (χ0v) is 5.85. The zero-order chi connectivity index (χ0) is 6.69. The van der Waals surface area contributed by atoms with Gasteiger partial charge >= 0.3 is 0 Å². The van der Waals surface area contributed by atoms with E-state index in [2.05, 4.69) is 20.6 Å². The van der Waals surface area contributed by atoms with Gasteiger partial charge in [-0.3, -0.25) is 0 Å². The Morgan fingerprint density at radius 3 is 3.00 bits per heavy atom. The lowest BCUT2D eigenvalue weighted by atomic mass is 10.3. The van der Waals surface area contributed by atoms with E-state index >= 15 is 0 Å². The molecule has 0 fully saturated rings. The summed E-state index contributed by atoms with van der Waals surface area (Å²) < 4.78 is 0. The highest BCUT2D eigenvalue weighted by molar-refractivity contribution is 7.80.